The standard InChI is InChI=1S/C13H16ClN3/c1-13(2)5-9(13)8-17-11-3-4-15-7-10(11)16-12(17)6-14/h3-4,7,9H,5-6,8H2,1-2H3. The van der Waals surface area contributed by atoms with Crippen LogP contribution in [0.1, 0.15) is 26.1 Å². The Labute approximate surface area is 106 Å². The summed E-state index contributed by atoms with van der Waals surface area (Å²) in [5.41, 5.74) is 2.58. The lowest BCUT2D eigenvalue weighted by Crippen LogP contribution is -2.06. The van der Waals surface area contributed by atoms with Gasteiger partial charge in [-0.25, -0.2) is 4.98 Å². The summed E-state index contributed by atoms with van der Waals surface area (Å²) in [7, 11) is 0. The molecule has 4 heteroatoms. The van der Waals surface area contributed by atoms with Gasteiger partial charge in [0.25, 0.3) is 0 Å². The minimum Gasteiger partial charge on any atom is -0.327 e. The molecule has 2 aromatic rings. The van der Waals surface area contributed by atoms with Gasteiger partial charge in [0.1, 0.15) is 11.3 Å². The van der Waals surface area contributed by atoms with Crippen LogP contribution in [0.5, 0.6) is 0 Å². The van der Waals surface area contributed by atoms with E-state index in [1.807, 2.05) is 12.3 Å². The molecule has 0 bridgehead atoms. The van der Waals surface area contributed by atoms with Gasteiger partial charge in [-0.1, -0.05) is 13.8 Å². The molecule has 17 heavy (non-hydrogen) atoms. The van der Waals surface area contributed by atoms with Gasteiger partial charge in [0, 0.05) is 12.7 Å². The van der Waals surface area contributed by atoms with Crippen molar-refractivity contribution in [2.45, 2.75) is 32.7 Å². The molecule has 0 radical (unpaired) electrons. The van der Waals surface area contributed by atoms with Gasteiger partial charge in [-0.3, -0.25) is 4.98 Å². The van der Waals surface area contributed by atoms with Crippen molar-refractivity contribution >= 4 is 22.6 Å². The second-order valence-electron chi connectivity index (χ2n) is 5.53. The zero-order valence-corrected chi connectivity index (χ0v) is 10.9. The molecule has 1 aliphatic rings. The number of halogens is 1. The van der Waals surface area contributed by atoms with E-state index in [4.69, 9.17) is 11.6 Å². The van der Waals surface area contributed by atoms with E-state index in [1.54, 1.807) is 6.20 Å². The molecule has 1 saturated carbocycles. The molecule has 1 aliphatic carbocycles. The highest BCUT2D eigenvalue weighted by atomic mass is 35.5. The maximum atomic E-state index is 5.97. The van der Waals surface area contributed by atoms with Crippen LogP contribution in [0.25, 0.3) is 11.0 Å². The third-order valence-electron chi connectivity index (χ3n) is 3.87. The summed E-state index contributed by atoms with van der Waals surface area (Å²) in [6.45, 7) is 5.66. The summed E-state index contributed by atoms with van der Waals surface area (Å²) in [4.78, 5) is 8.63. The number of imidazole rings is 1. The third kappa shape index (κ3) is 1.82. The molecule has 1 fully saturated rings. The molecule has 2 heterocycles. The van der Waals surface area contributed by atoms with Gasteiger partial charge < -0.3 is 4.57 Å². The average molecular weight is 250 g/mol. The minimum atomic E-state index is 0.460. The normalized spacial score (nSPS) is 21.9. The Balaban J connectivity index is 2.01. The zero-order valence-electron chi connectivity index (χ0n) is 10.2. The number of hydrogen-bond acceptors (Lipinski definition) is 2. The van der Waals surface area contributed by atoms with E-state index in [-0.39, 0.29) is 0 Å². The Morgan fingerprint density at radius 2 is 2.29 bits per heavy atom. The van der Waals surface area contributed by atoms with Gasteiger partial charge in [0.15, 0.2) is 0 Å². The van der Waals surface area contributed by atoms with Crippen LogP contribution < -0.4 is 0 Å². The molecule has 0 spiro atoms. The first-order valence-corrected chi connectivity index (χ1v) is 6.50. The summed E-state index contributed by atoms with van der Waals surface area (Å²) in [6, 6.07) is 2.02. The lowest BCUT2D eigenvalue weighted by Gasteiger charge is -2.08. The highest BCUT2D eigenvalue weighted by molar-refractivity contribution is 6.16. The van der Waals surface area contributed by atoms with Crippen LogP contribution in [0.3, 0.4) is 0 Å². The van der Waals surface area contributed by atoms with Gasteiger partial charge in [-0.2, -0.15) is 0 Å². The predicted octanol–water partition coefficient (Wildman–Crippen LogP) is 3.22. The zero-order chi connectivity index (χ0) is 12.0. The molecule has 0 amide bonds. The number of fused-ring (bicyclic) bond motifs is 1. The highest BCUT2D eigenvalue weighted by Gasteiger charge is 2.45. The van der Waals surface area contributed by atoms with E-state index in [2.05, 4.69) is 28.4 Å². The fraction of sp³-hybridized carbons (Fsp3) is 0.538. The third-order valence-corrected chi connectivity index (χ3v) is 4.11. The first kappa shape index (κ1) is 11.0. The number of nitrogens with zero attached hydrogens (tertiary/aromatic N) is 3. The maximum absolute atomic E-state index is 5.97. The number of rotatable bonds is 3. The van der Waals surface area contributed by atoms with E-state index >= 15 is 0 Å². The van der Waals surface area contributed by atoms with Crippen LogP contribution in [0, 0.1) is 11.3 Å². The van der Waals surface area contributed by atoms with Crippen molar-refractivity contribution in [3.63, 3.8) is 0 Å². The van der Waals surface area contributed by atoms with Gasteiger partial charge in [0.2, 0.25) is 0 Å². The fourth-order valence-electron chi connectivity index (χ4n) is 2.45. The fourth-order valence-corrected chi connectivity index (χ4v) is 2.65. The highest BCUT2D eigenvalue weighted by Crippen LogP contribution is 2.52. The molecule has 0 aromatic carbocycles. The van der Waals surface area contributed by atoms with E-state index < -0.39 is 0 Å². The van der Waals surface area contributed by atoms with E-state index in [0.717, 1.165) is 29.3 Å². The monoisotopic (exact) mass is 249 g/mol. The Bertz CT molecular complexity index is 559. The molecule has 0 N–H and O–H groups in total. The number of pyridine rings is 1. The largest absolute Gasteiger partial charge is 0.327 e. The Kier molecular flexibility index (Phi) is 2.40. The lowest BCUT2D eigenvalue weighted by atomic mass is 10.1. The van der Waals surface area contributed by atoms with Crippen molar-refractivity contribution in [2.75, 3.05) is 0 Å². The molecule has 0 aliphatic heterocycles. The Morgan fingerprint density at radius 3 is 2.94 bits per heavy atom. The summed E-state index contributed by atoms with van der Waals surface area (Å²) >= 11 is 5.97. The smallest absolute Gasteiger partial charge is 0.124 e. The van der Waals surface area contributed by atoms with E-state index in [9.17, 15) is 0 Å². The van der Waals surface area contributed by atoms with Crippen molar-refractivity contribution in [2.24, 2.45) is 11.3 Å². The molecule has 3 rings (SSSR count). The van der Waals surface area contributed by atoms with Crippen LogP contribution >= 0.6 is 11.6 Å². The Hall–Kier alpha value is -1.09. The van der Waals surface area contributed by atoms with Gasteiger partial charge in [0.05, 0.1) is 17.6 Å². The van der Waals surface area contributed by atoms with Gasteiger partial charge in [-0.15, -0.1) is 11.6 Å². The summed E-state index contributed by atoms with van der Waals surface area (Å²) in [5, 5.41) is 0. The number of hydrogen-bond donors (Lipinski definition) is 0. The van der Waals surface area contributed by atoms with Crippen molar-refractivity contribution in [3.05, 3.63) is 24.3 Å². The maximum Gasteiger partial charge on any atom is 0.124 e. The van der Waals surface area contributed by atoms with Crippen molar-refractivity contribution < 1.29 is 0 Å². The van der Waals surface area contributed by atoms with Crippen LogP contribution in [0.2, 0.25) is 0 Å². The molecule has 1 unspecified atom stereocenters. The lowest BCUT2D eigenvalue weighted by molar-refractivity contribution is 0.498. The molecule has 3 nitrogen and oxygen atoms in total. The van der Waals surface area contributed by atoms with E-state index in [1.165, 1.54) is 6.42 Å². The number of alkyl halides is 1. The summed E-state index contributed by atoms with van der Waals surface area (Å²) in [5.74, 6) is 2.16. The SMILES string of the molecule is CC1(C)CC1Cn1c(CCl)nc2cnccc21. The molecular weight excluding hydrogens is 234 g/mol. The summed E-state index contributed by atoms with van der Waals surface area (Å²) < 4.78 is 2.25. The van der Waals surface area contributed by atoms with Crippen LogP contribution in [0.15, 0.2) is 18.5 Å². The second kappa shape index (κ2) is 3.70. The number of aromatic nitrogens is 3. The first-order chi connectivity index (χ1) is 8.12. The topological polar surface area (TPSA) is 30.7 Å². The van der Waals surface area contributed by atoms with Gasteiger partial charge in [-0.05, 0) is 23.8 Å². The predicted molar refractivity (Wildman–Crippen MR) is 69.0 cm³/mol. The van der Waals surface area contributed by atoms with Crippen molar-refractivity contribution in [1.82, 2.24) is 14.5 Å². The molecular formula is C13H16ClN3. The van der Waals surface area contributed by atoms with Crippen LogP contribution in [-0.4, -0.2) is 14.5 Å². The molecule has 0 saturated heterocycles. The second-order valence-corrected chi connectivity index (χ2v) is 5.79. The average Bonchev–Trinajstić information content (AvgIpc) is 2.76. The van der Waals surface area contributed by atoms with E-state index in [0.29, 0.717) is 11.3 Å². The quantitative estimate of drug-likeness (QED) is 0.782. The first-order valence-electron chi connectivity index (χ1n) is 5.97. The molecule has 1 atom stereocenters. The molecule has 90 valence electrons. The van der Waals surface area contributed by atoms with Crippen LogP contribution in [-0.2, 0) is 12.4 Å². The van der Waals surface area contributed by atoms with Crippen LogP contribution in [0.4, 0.5) is 0 Å². The minimum absolute atomic E-state index is 0.460. The summed E-state index contributed by atoms with van der Waals surface area (Å²) in [6.07, 6.45) is 4.91. The van der Waals surface area contributed by atoms with Crippen molar-refractivity contribution in [1.29, 1.82) is 0 Å². The Morgan fingerprint density at radius 1 is 1.53 bits per heavy atom. The van der Waals surface area contributed by atoms with Gasteiger partial charge >= 0.3 is 0 Å². The van der Waals surface area contributed by atoms with Crippen molar-refractivity contribution in [3.8, 4) is 0 Å². The molecule has 2 aromatic heterocycles.